The molecule has 13 heavy (non-hydrogen) atoms. The molecule has 0 rings (SSSR count). The van der Waals surface area contributed by atoms with Crippen molar-refractivity contribution in [1.82, 2.24) is 4.90 Å². The van der Waals surface area contributed by atoms with Crippen LogP contribution in [0, 0.1) is 0 Å². The first-order valence-electron chi connectivity index (χ1n) is 4.02. The number of hydrogen-bond acceptors (Lipinski definition) is 2. The molecule has 0 aliphatic carbocycles. The second kappa shape index (κ2) is 4.60. The molecule has 2 nitrogen and oxygen atoms in total. The first-order valence-corrected chi connectivity index (χ1v) is 4.02. The fourth-order valence-corrected chi connectivity index (χ4v) is 0.937. The molecule has 0 aromatic carbocycles. The molecule has 0 saturated carbocycles. The van der Waals surface area contributed by atoms with Crippen LogP contribution in [0.3, 0.4) is 0 Å². The van der Waals surface area contributed by atoms with Gasteiger partial charge in [-0.15, -0.1) is 0 Å². The van der Waals surface area contributed by atoms with E-state index in [1.54, 1.807) is 13.8 Å². The molecule has 0 aliphatic rings. The maximum atomic E-state index is 12.0. The van der Waals surface area contributed by atoms with Gasteiger partial charge in [0, 0.05) is 6.04 Å². The van der Waals surface area contributed by atoms with Crippen molar-refractivity contribution >= 4 is 5.78 Å². The number of rotatable bonds is 4. The average molecular weight is 197 g/mol. The second-order valence-corrected chi connectivity index (χ2v) is 3.32. The van der Waals surface area contributed by atoms with Crippen LogP contribution in [0.2, 0.25) is 0 Å². The van der Waals surface area contributed by atoms with Crippen molar-refractivity contribution in [2.75, 3.05) is 13.1 Å². The van der Waals surface area contributed by atoms with E-state index in [9.17, 15) is 18.0 Å². The molecule has 5 heteroatoms. The SMILES string of the molecule is CC(=O)CN(CC(F)(F)F)C(C)C. The van der Waals surface area contributed by atoms with Crippen molar-refractivity contribution in [1.29, 1.82) is 0 Å². The number of carbonyl (C=O) groups excluding carboxylic acids is 1. The van der Waals surface area contributed by atoms with E-state index in [-0.39, 0.29) is 18.4 Å². The zero-order valence-electron chi connectivity index (χ0n) is 7.98. The Morgan fingerprint density at radius 2 is 1.85 bits per heavy atom. The molecule has 0 spiro atoms. The van der Waals surface area contributed by atoms with Gasteiger partial charge in [0.15, 0.2) is 0 Å². The Balaban J connectivity index is 4.19. The highest BCUT2D eigenvalue weighted by Crippen LogP contribution is 2.17. The minimum absolute atomic E-state index is 0.142. The number of carbonyl (C=O) groups is 1. The van der Waals surface area contributed by atoms with E-state index < -0.39 is 12.7 Å². The molecule has 0 atom stereocenters. The maximum Gasteiger partial charge on any atom is 0.401 e. The van der Waals surface area contributed by atoms with E-state index in [1.807, 2.05) is 0 Å². The molecule has 0 unspecified atom stereocenters. The van der Waals surface area contributed by atoms with E-state index in [0.717, 1.165) is 4.90 Å². The van der Waals surface area contributed by atoms with E-state index in [4.69, 9.17) is 0 Å². The van der Waals surface area contributed by atoms with Crippen LogP contribution < -0.4 is 0 Å². The number of nitrogens with zero attached hydrogens (tertiary/aromatic N) is 1. The van der Waals surface area contributed by atoms with Gasteiger partial charge in [-0.2, -0.15) is 13.2 Å². The molecule has 78 valence electrons. The standard InChI is InChI=1S/C8H14F3NO/c1-6(2)12(4-7(3)13)5-8(9,10)11/h6H,4-5H2,1-3H3. The van der Waals surface area contributed by atoms with Crippen LogP contribution in [0.15, 0.2) is 0 Å². The quantitative estimate of drug-likeness (QED) is 0.685. The zero-order valence-corrected chi connectivity index (χ0v) is 7.98. The van der Waals surface area contributed by atoms with Gasteiger partial charge in [0.2, 0.25) is 0 Å². The summed E-state index contributed by atoms with van der Waals surface area (Å²) < 4.78 is 35.9. The minimum Gasteiger partial charge on any atom is -0.299 e. The van der Waals surface area contributed by atoms with Crippen molar-refractivity contribution < 1.29 is 18.0 Å². The zero-order chi connectivity index (χ0) is 10.6. The Kier molecular flexibility index (Phi) is 4.39. The highest BCUT2D eigenvalue weighted by atomic mass is 19.4. The molecule has 0 aliphatic heterocycles. The van der Waals surface area contributed by atoms with Crippen LogP contribution in [0.25, 0.3) is 0 Å². The third kappa shape index (κ3) is 6.57. The van der Waals surface area contributed by atoms with Crippen molar-refractivity contribution in [3.8, 4) is 0 Å². The van der Waals surface area contributed by atoms with Crippen LogP contribution in [0.4, 0.5) is 13.2 Å². The van der Waals surface area contributed by atoms with Gasteiger partial charge in [-0.1, -0.05) is 0 Å². The molecule has 0 aromatic heterocycles. The molecule has 0 fully saturated rings. The Bertz CT molecular complexity index is 177. The van der Waals surface area contributed by atoms with Crippen molar-refractivity contribution in [2.24, 2.45) is 0 Å². The Morgan fingerprint density at radius 3 is 2.08 bits per heavy atom. The number of hydrogen-bond donors (Lipinski definition) is 0. The van der Waals surface area contributed by atoms with Gasteiger partial charge < -0.3 is 0 Å². The van der Waals surface area contributed by atoms with Gasteiger partial charge in [0.05, 0.1) is 13.1 Å². The largest absolute Gasteiger partial charge is 0.401 e. The first-order chi connectivity index (χ1) is 5.72. The topological polar surface area (TPSA) is 20.3 Å². The average Bonchev–Trinajstić information content (AvgIpc) is 1.81. The summed E-state index contributed by atoms with van der Waals surface area (Å²) in [6.45, 7) is 3.39. The molecule has 0 aromatic rings. The summed E-state index contributed by atoms with van der Waals surface area (Å²) in [6, 6.07) is -0.273. The lowest BCUT2D eigenvalue weighted by atomic mass is 10.3. The molecule has 0 saturated heterocycles. The van der Waals surface area contributed by atoms with Gasteiger partial charge in [0.1, 0.15) is 5.78 Å². The number of ketones is 1. The molecule has 0 bridgehead atoms. The lowest BCUT2D eigenvalue weighted by Crippen LogP contribution is -2.41. The van der Waals surface area contributed by atoms with Crippen LogP contribution >= 0.6 is 0 Å². The second-order valence-electron chi connectivity index (χ2n) is 3.32. The minimum atomic E-state index is -4.24. The number of Topliss-reactive ketones (excluding diaryl/α,β-unsaturated/α-hetero) is 1. The van der Waals surface area contributed by atoms with E-state index in [0.29, 0.717) is 0 Å². The molecule has 0 amide bonds. The summed E-state index contributed by atoms with van der Waals surface area (Å²) in [4.78, 5) is 11.7. The van der Waals surface area contributed by atoms with Gasteiger partial charge in [-0.05, 0) is 20.8 Å². The predicted molar refractivity (Wildman–Crippen MR) is 43.4 cm³/mol. The summed E-state index contributed by atoms with van der Waals surface area (Å²) >= 11 is 0. The third-order valence-electron chi connectivity index (χ3n) is 1.54. The fraction of sp³-hybridized carbons (Fsp3) is 0.875. The van der Waals surface area contributed by atoms with Gasteiger partial charge in [-0.3, -0.25) is 9.69 Å². The Labute approximate surface area is 75.7 Å². The molecule has 0 radical (unpaired) electrons. The van der Waals surface area contributed by atoms with Crippen LogP contribution in [0.5, 0.6) is 0 Å². The summed E-state index contributed by atoms with van der Waals surface area (Å²) in [6.07, 6.45) is -4.24. The predicted octanol–water partition coefficient (Wildman–Crippen LogP) is 1.85. The van der Waals surface area contributed by atoms with Crippen LogP contribution in [-0.4, -0.2) is 36.0 Å². The van der Waals surface area contributed by atoms with Gasteiger partial charge >= 0.3 is 6.18 Å². The third-order valence-corrected chi connectivity index (χ3v) is 1.54. The summed E-state index contributed by atoms with van der Waals surface area (Å²) in [5.41, 5.74) is 0. The van der Waals surface area contributed by atoms with E-state index >= 15 is 0 Å². The summed E-state index contributed by atoms with van der Waals surface area (Å²) in [7, 11) is 0. The Hall–Kier alpha value is -0.580. The summed E-state index contributed by atoms with van der Waals surface area (Å²) in [5, 5.41) is 0. The van der Waals surface area contributed by atoms with Gasteiger partial charge in [-0.25, -0.2) is 0 Å². The Morgan fingerprint density at radius 1 is 1.38 bits per heavy atom. The lowest BCUT2D eigenvalue weighted by molar-refractivity contribution is -0.151. The lowest BCUT2D eigenvalue weighted by Gasteiger charge is -2.25. The number of halogens is 3. The number of alkyl halides is 3. The van der Waals surface area contributed by atoms with E-state index in [1.165, 1.54) is 6.92 Å². The maximum absolute atomic E-state index is 12.0. The summed E-state index contributed by atoms with van der Waals surface area (Å²) in [5.74, 6) is -0.252. The smallest absolute Gasteiger partial charge is 0.299 e. The molecule has 0 N–H and O–H groups in total. The van der Waals surface area contributed by atoms with Crippen molar-refractivity contribution in [3.63, 3.8) is 0 Å². The van der Waals surface area contributed by atoms with Crippen molar-refractivity contribution in [2.45, 2.75) is 33.0 Å². The normalized spacial score (nSPS) is 12.6. The van der Waals surface area contributed by atoms with Crippen LogP contribution in [0.1, 0.15) is 20.8 Å². The van der Waals surface area contributed by atoms with Crippen LogP contribution in [-0.2, 0) is 4.79 Å². The van der Waals surface area contributed by atoms with Crippen molar-refractivity contribution in [3.05, 3.63) is 0 Å². The first kappa shape index (κ1) is 12.4. The van der Waals surface area contributed by atoms with E-state index in [2.05, 4.69) is 0 Å². The van der Waals surface area contributed by atoms with Gasteiger partial charge in [0.25, 0.3) is 0 Å². The highest BCUT2D eigenvalue weighted by molar-refractivity contribution is 5.77. The molecular formula is C8H14F3NO. The monoisotopic (exact) mass is 197 g/mol. The highest BCUT2D eigenvalue weighted by Gasteiger charge is 2.31. The molecular weight excluding hydrogens is 183 g/mol. The molecule has 0 heterocycles. The fourth-order valence-electron chi connectivity index (χ4n) is 0.937.